The number of ether oxygens (including phenoxy) is 2. The molecule has 8 heteroatoms. The number of nitrogens with zero attached hydrogens (tertiary/aromatic N) is 4. The molecule has 8 nitrogen and oxygen atoms in total. The summed E-state index contributed by atoms with van der Waals surface area (Å²) < 4.78 is 13.8. The molecule has 6 rings (SSSR count). The summed E-state index contributed by atoms with van der Waals surface area (Å²) in [4.78, 5) is 11.7. The standard InChI is InChI=1S/C21H22N6O2/c1-26-6-5-12-9-13(3-4-15(12)26)19-24-20(22)25-21-23-14-10-17-18(11-16(14)27(19)21)29-8-2-7-28-17/h3-4,9-11,19H,2,5-8H2,1H3,(H3,22,23,24,25). The normalized spacial score (nSPS) is 20.0. The minimum Gasteiger partial charge on any atom is -0.489 e. The van der Waals surface area contributed by atoms with Gasteiger partial charge in [-0.05, 0) is 29.7 Å². The first-order valence-electron chi connectivity index (χ1n) is 9.93. The highest BCUT2D eigenvalue weighted by atomic mass is 16.5. The molecule has 0 saturated heterocycles. The second-order valence-corrected chi connectivity index (χ2v) is 7.72. The number of nitrogens with one attached hydrogen (secondary N) is 1. The smallest absolute Gasteiger partial charge is 0.212 e. The maximum atomic E-state index is 6.10. The van der Waals surface area contributed by atoms with E-state index in [0.717, 1.165) is 47.5 Å². The number of anilines is 2. The monoisotopic (exact) mass is 390 g/mol. The lowest BCUT2D eigenvalue weighted by atomic mass is 10.1. The first-order valence-corrected chi connectivity index (χ1v) is 9.93. The van der Waals surface area contributed by atoms with Gasteiger partial charge in [-0.3, -0.25) is 9.88 Å². The average molecular weight is 390 g/mol. The summed E-state index contributed by atoms with van der Waals surface area (Å²) in [5.41, 5.74) is 11.6. The number of rotatable bonds is 1. The lowest BCUT2D eigenvalue weighted by Gasteiger charge is -2.24. The van der Waals surface area contributed by atoms with E-state index in [9.17, 15) is 0 Å². The highest BCUT2D eigenvalue weighted by molar-refractivity contribution is 5.95. The van der Waals surface area contributed by atoms with Gasteiger partial charge in [0.15, 0.2) is 23.6 Å². The molecule has 0 fully saturated rings. The van der Waals surface area contributed by atoms with Crippen LogP contribution in [0.15, 0.2) is 35.3 Å². The number of fused-ring (bicyclic) bond motifs is 5. The van der Waals surface area contributed by atoms with Crippen molar-refractivity contribution in [3.8, 4) is 11.5 Å². The first-order chi connectivity index (χ1) is 14.2. The molecule has 0 aliphatic carbocycles. The van der Waals surface area contributed by atoms with Crippen molar-refractivity contribution in [1.82, 2.24) is 9.55 Å². The van der Waals surface area contributed by atoms with E-state index in [2.05, 4.69) is 40.0 Å². The molecule has 29 heavy (non-hydrogen) atoms. The lowest BCUT2D eigenvalue weighted by Crippen LogP contribution is -2.31. The molecule has 3 aliphatic rings. The molecular formula is C21H22N6O2. The summed E-state index contributed by atoms with van der Waals surface area (Å²) in [6.07, 6.45) is 1.63. The van der Waals surface area contributed by atoms with Crippen molar-refractivity contribution in [2.45, 2.75) is 19.0 Å². The largest absolute Gasteiger partial charge is 0.489 e. The number of likely N-dealkylation sites (N-methyl/N-ethyl adjacent to an activating group) is 1. The van der Waals surface area contributed by atoms with E-state index in [-0.39, 0.29) is 6.17 Å². The number of guanidine groups is 1. The van der Waals surface area contributed by atoms with Crippen molar-refractivity contribution in [1.29, 1.82) is 0 Å². The van der Waals surface area contributed by atoms with Crippen molar-refractivity contribution in [3.05, 3.63) is 41.5 Å². The first kappa shape index (κ1) is 16.5. The van der Waals surface area contributed by atoms with Gasteiger partial charge in [0.05, 0.1) is 24.2 Å². The van der Waals surface area contributed by atoms with E-state index in [0.29, 0.717) is 25.1 Å². The molecule has 1 aromatic heterocycles. The van der Waals surface area contributed by atoms with Crippen LogP contribution in [0.3, 0.4) is 0 Å². The number of aliphatic imine (C=N–C) groups is 1. The summed E-state index contributed by atoms with van der Waals surface area (Å²) in [7, 11) is 2.13. The molecule has 0 radical (unpaired) electrons. The number of imidazole rings is 1. The van der Waals surface area contributed by atoms with Crippen molar-refractivity contribution < 1.29 is 9.47 Å². The van der Waals surface area contributed by atoms with Crippen LogP contribution >= 0.6 is 0 Å². The predicted octanol–water partition coefficient (Wildman–Crippen LogP) is 2.48. The summed E-state index contributed by atoms with van der Waals surface area (Å²) in [6, 6.07) is 10.5. The Hall–Kier alpha value is -3.42. The summed E-state index contributed by atoms with van der Waals surface area (Å²) in [5.74, 6) is 2.52. The van der Waals surface area contributed by atoms with Crippen LogP contribution < -0.4 is 25.4 Å². The zero-order valence-electron chi connectivity index (χ0n) is 16.2. The van der Waals surface area contributed by atoms with Gasteiger partial charge in [-0.2, -0.15) is 0 Å². The fourth-order valence-electron chi connectivity index (χ4n) is 4.39. The van der Waals surface area contributed by atoms with Crippen LogP contribution in [-0.2, 0) is 6.42 Å². The number of hydrogen-bond donors (Lipinski definition) is 2. The van der Waals surface area contributed by atoms with Gasteiger partial charge in [0.1, 0.15) is 0 Å². The van der Waals surface area contributed by atoms with Crippen LogP contribution in [-0.4, -0.2) is 42.3 Å². The molecule has 0 amide bonds. The van der Waals surface area contributed by atoms with Crippen LogP contribution in [0, 0.1) is 0 Å². The van der Waals surface area contributed by atoms with Crippen molar-refractivity contribution in [2.75, 3.05) is 37.0 Å². The number of aromatic nitrogens is 2. The van der Waals surface area contributed by atoms with Gasteiger partial charge in [0, 0.05) is 37.8 Å². The Morgan fingerprint density at radius 3 is 2.83 bits per heavy atom. The van der Waals surface area contributed by atoms with Gasteiger partial charge < -0.3 is 20.1 Å². The highest BCUT2D eigenvalue weighted by Crippen LogP contribution is 2.40. The third kappa shape index (κ3) is 2.52. The van der Waals surface area contributed by atoms with E-state index in [1.54, 1.807) is 0 Å². The van der Waals surface area contributed by atoms with Gasteiger partial charge in [0.2, 0.25) is 5.95 Å². The fraction of sp³-hybridized carbons (Fsp3) is 0.333. The molecule has 1 unspecified atom stereocenters. The van der Waals surface area contributed by atoms with Crippen molar-refractivity contribution in [2.24, 2.45) is 10.7 Å². The molecule has 148 valence electrons. The Morgan fingerprint density at radius 1 is 1.14 bits per heavy atom. The Kier molecular flexibility index (Phi) is 3.44. The van der Waals surface area contributed by atoms with E-state index in [1.165, 1.54) is 11.3 Å². The van der Waals surface area contributed by atoms with Gasteiger partial charge in [-0.1, -0.05) is 6.07 Å². The number of hydrogen-bond acceptors (Lipinski definition) is 7. The lowest BCUT2D eigenvalue weighted by molar-refractivity contribution is 0.297. The molecule has 0 spiro atoms. The molecule has 3 aliphatic heterocycles. The van der Waals surface area contributed by atoms with Gasteiger partial charge in [0.25, 0.3) is 0 Å². The minimum atomic E-state index is -0.280. The molecular weight excluding hydrogens is 368 g/mol. The summed E-state index contributed by atoms with van der Waals surface area (Å²) >= 11 is 0. The molecule has 1 atom stereocenters. The molecule has 3 aromatic rings. The van der Waals surface area contributed by atoms with Gasteiger partial charge >= 0.3 is 0 Å². The van der Waals surface area contributed by atoms with Gasteiger partial charge in [-0.25, -0.2) is 9.98 Å². The third-order valence-electron chi connectivity index (χ3n) is 5.83. The SMILES string of the molecule is CN1CCc2cc(C3N=C(N)Nc4nc5cc6c(cc5n43)OCCCO6)ccc21. The van der Waals surface area contributed by atoms with E-state index in [1.807, 2.05) is 12.1 Å². The van der Waals surface area contributed by atoms with Crippen LogP contribution in [0.25, 0.3) is 11.0 Å². The van der Waals surface area contributed by atoms with E-state index < -0.39 is 0 Å². The maximum absolute atomic E-state index is 6.10. The molecule has 0 bridgehead atoms. The molecule has 4 heterocycles. The zero-order valence-corrected chi connectivity index (χ0v) is 16.2. The molecule has 3 N–H and O–H groups in total. The molecule has 2 aromatic carbocycles. The average Bonchev–Trinajstić information content (AvgIpc) is 3.16. The Labute approximate surface area is 167 Å². The zero-order chi connectivity index (χ0) is 19.5. The number of nitrogens with two attached hydrogens (primary N) is 1. The van der Waals surface area contributed by atoms with E-state index >= 15 is 0 Å². The quantitative estimate of drug-likeness (QED) is 0.664. The Balaban J connectivity index is 1.52. The third-order valence-corrected chi connectivity index (χ3v) is 5.83. The van der Waals surface area contributed by atoms with E-state index in [4.69, 9.17) is 25.2 Å². The highest BCUT2D eigenvalue weighted by Gasteiger charge is 2.28. The second-order valence-electron chi connectivity index (χ2n) is 7.72. The number of benzene rings is 2. The van der Waals surface area contributed by atoms with Gasteiger partial charge in [-0.15, -0.1) is 0 Å². The van der Waals surface area contributed by atoms with Crippen LogP contribution in [0.1, 0.15) is 23.7 Å². The van der Waals surface area contributed by atoms with Crippen LogP contribution in [0.4, 0.5) is 11.6 Å². The fourth-order valence-corrected chi connectivity index (χ4v) is 4.39. The summed E-state index contributed by atoms with van der Waals surface area (Å²) in [5, 5.41) is 3.10. The predicted molar refractivity (Wildman–Crippen MR) is 112 cm³/mol. The van der Waals surface area contributed by atoms with Crippen LogP contribution in [0.2, 0.25) is 0 Å². The maximum Gasteiger partial charge on any atom is 0.212 e. The topological polar surface area (TPSA) is 89.9 Å². The Bertz CT molecular complexity index is 1170. The summed E-state index contributed by atoms with van der Waals surface area (Å²) in [6.45, 7) is 2.33. The van der Waals surface area contributed by atoms with Crippen molar-refractivity contribution in [3.63, 3.8) is 0 Å². The van der Waals surface area contributed by atoms with Crippen molar-refractivity contribution >= 4 is 28.6 Å². The Morgan fingerprint density at radius 2 is 1.97 bits per heavy atom. The minimum absolute atomic E-state index is 0.280. The molecule has 0 saturated carbocycles. The second kappa shape index (κ2) is 6.04. The van der Waals surface area contributed by atoms with Crippen LogP contribution in [0.5, 0.6) is 11.5 Å².